The summed E-state index contributed by atoms with van der Waals surface area (Å²) in [7, 11) is 0. The number of halogens is 2. The zero-order chi connectivity index (χ0) is 24.5. The van der Waals surface area contributed by atoms with E-state index < -0.39 is 5.82 Å². The molecule has 1 saturated heterocycles. The van der Waals surface area contributed by atoms with Crippen LogP contribution in [0.2, 0.25) is 5.02 Å². The maximum atomic E-state index is 13.6. The Kier molecular flexibility index (Phi) is 6.31. The molecule has 35 heavy (non-hydrogen) atoms. The van der Waals surface area contributed by atoms with Gasteiger partial charge in [-0.3, -0.25) is 14.6 Å². The lowest BCUT2D eigenvalue weighted by molar-refractivity contribution is 0.0539. The van der Waals surface area contributed by atoms with Crippen molar-refractivity contribution in [2.45, 2.75) is 19.0 Å². The zero-order valence-corrected chi connectivity index (χ0v) is 20.1. The number of nitrogens with zero attached hydrogens (tertiary/aromatic N) is 4. The fourth-order valence-electron chi connectivity index (χ4n) is 3.80. The number of carbonyl (C=O) groups is 2. The first kappa shape index (κ1) is 23.1. The van der Waals surface area contributed by atoms with Crippen LogP contribution >= 0.6 is 22.9 Å². The van der Waals surface area contributed by atoms with Gasteiger partial charge in [0.2, 0.25) is 5.95 Å². The molecular weight excluding hydrogens is 491 g/mol. The number of nitrogens with one attached hydrogen (secondary N) is 2. The Labute approximate surface area is 209 Å². The minimum absolute atomic E-state index is 0.163. The van der Waals surface area contributed by atoms with Crippen molar-refractivity contribution in [3.63, 3.8) is 0 Å². The average molecular weight is 511 g/mol. The Morgan fingerprint density at radius 3 is 2.80 bits per heavy atom. The summed E-state index contributed by atoms with van der Waals surface area (Å²) in [6, 6.07) is 9.42. The number of amides is 2. The minimum atomic E-state index is -0.434. The molecule has 1 aliphatic rings. The summed E-state index contributed by atoms with van der Waals surface area (Å²) < 4.78 is 14.2. The van der Waals surface area contributed by atoms with Gasteiger partial charge in [-0.15, -0.1) is 11.3 Å². The van der Waals surface area contributed by atoms with Crippen molar-refractivity contribution in [3.8, 4) is 0 Å². The Morgan fingerprint density at radius 1 is 1.20 bits per heavy atom. The number of likely N-dealkylation sites (tertiary alicyclic amines) is 1. The first-order chi connectivity index (χ1) is 16.9. The van der Waals surface area contributed by atoms with Crippen LogP contribution in [-0.4, -0.2) is 50.8 Å². The lowest BCUT2D eigenvalue weighted by Crippen LogP contribution is -2.61. The summed E-state index contributed by atoms with van der Waals surface area (Å²) in [4.78, 5) is 40.2. The monoisotopic (exact) mass is 510 g/mol. The third-order valence-corrected chi connectivity index (χ3v) is 6.81. The van der Waals surface area contributed by atoms with Gasteiger partial charge in [0, 0.05) is 29.9 Å². The lowest BCUT2D eigenvalue weighted by Gasteiger charge is -2.39. The predicted molar refractivity (Wildman–Crippen MR) is 132 cm³/mol. The number of fused-ring (bicyclic) bond motifs is 1. The Balaban J connectivity index is 1.28. The number of pyridine rings is 1. The maximum Gasteiger partial charge on any atom is 0.274 e. The average Bonchev–Trinajstić information content (AvgIpc) is 3.28. The smallest absolute Gasteiger partial charge is 0.274 e. The quantitative estimate of drug-likeness (QED) is 0.401. The van der Waals surface area contributed by atoms with Crippen LogP contribution in [0.1, 0.15) is 39.4 Å². The van der Waals surface area contributed by atoms with Crippen LogP contribution in [-0.2, 0) is 0 Å². The number of hydrogen-bond donors (Lipinski definition) is 2. The summed E-state index contributed by atoms with van der Waals surface area (Å²) in [6.07, 6.45) is 2.70. The standard InChI is InChI=1S/C24H20ClFN6O2S/c1-13(15-8-17(26)10-27-9-15)28-24-30-19-5-6-35-21(19)20(31-24)23(34)32-11-18(12-32)29-22(33)14-3-2-4-16(25)7-14/h2-10,13,18H,11-12H2,1H3,(H,29,33)(H,28,30,31). The molecule has 2 N–H and O–H groups in total. The van der Waals surface area contributed by atoms with Crippen molar-refractivity contribution in [2.24, 2.45) is 0 Å². The predicted octanol–water partition coefficient (Wildman–Crippen LogP) is 4.31. The van der Waals surface area contributed by atoms with Crippen LogP contribution < -0.4 is 10.6 Å². The van der Waals surface area contributed by atoms with Crippen molar-refractivity contribution in [3.05, 3.63) is 81.8 Å². The van der Waals surface area contributed by atoms with Crippen LogP contribution in [0.4, 0.5) is 10.3 Å². The topological polar surface area (TPSA) is 100 Å². The second-order valence-corrected chi connectivity index (χ2v) is 9.58. The van der Waals surface area contributed by atoms with Crippen molar-refractivity contribution < 1.29 is 14.0 Å². The van der Waals surface area contributed by atoms with E-state index in [0.29, 0.717) is 39.5 Å². The summed E-state index contributed by atoms with van der Waals surface area (Å²) in [5.74, 6) is -0.644. The van der Waals surface area contributed by atoms with Gasteiger partial charge in [0.05, 0.1) is 28.5 Å². The van der Waals surface area contributed by atoms with E-state index in [2.05, 4.69) is 25.6 Å². The van der Waals surface area contributed by atoms with E-state index in [-0.39, 0.29) is 35.5 Å². The molecule has 5 rings (SSSR count). The molecule has 178 valence electrons. The third-order valence-electron chi connectivity index (χ3n) is 5.67. The molecule has 0 saturated carbocycles. The molecule has 0 spiro atoms. The van der Waals surface area contributed by atoms with Crippen molar-refractivity contribution in [1.82, 2.24) is 25.2 Å². The summed E-state index contributed by atoms with van der Waals surface area (Å²) >= 11 is 7.35. The largest absolute Gasteiger partial charge is 0.348 e. The third kappa shape index (κ3) is 4.94. The Bertz CT molecular complexity index is 1420. The summed E-state index contributed by atoms with van der Waals surface area (Å²) in [6.45, 7) is 2.58. The molecule has 1 atom stereocenters. The maximum absolute atomic E-state index is 13.6. The zero-order valence-electron chi connectivity index (χ0n) is 18.5. The molecule has 1 aliphatic heterocycles. The first-order valence-corrected chi connectivity index (χ1v) is 12.1. The fraction of sp³-hybridized carbons (Fsp3) is 0.208. The van der Waals surface area contributed by atoms with Crippen LogP contribution in [0.15, 0.2) is 54.2 Å². The van der Waals surface area contributed by atoms with Crippen molar-refractivity contribution in [2.75, 3.05) is 18.4 Å². The number of thiophene rings is 1. The summed E-state index contributed by atoms with van der Waals surface area (Å²) in [5, 5.41) is 8.39. The van der Waals surface area contributed by atoms with E-state index in [0.717, 1.165) is 6.20 Å². The lowest BCUT2D eigenvalue weighted by atomic mass is 10.1. The molecule has 3 aromatic heterocycles. The molecule has 2 amide bonds. The van der Waals surface area contributed by atoms with Gasteiger partial charge < -0.3 is 15.5 Å². The van der Waals surface area contributed by atoms with Gasteiger partial charge in [-0.2, -0.15) is 0 Å². The second-order valence-electron chi connectivity index (χ2n) is 8.22. The number of carbonyl (C=O) groups excluding carboxylic acids is 2. The minimum Gasteiger partial charge on any atom is -0.348 e. The molecule has 1 fully saturated rings. The number of hydrogen-bond acceptors (Lipinski definition) is 7. The fourth-order valence-corrected chi connectivity index (χ4v) is 4.80. The van der Waals surface area contributed by atoms with E-state index in [4.69, 9.17) is 11.6 Å². The highest BCUT2D eigenvalue weighted by Gasteiger charge is 2.34. The van der Waals surface area contributed by atoms with Gasteiger partial charge in [-0.05, 0) is 48.2 Å². The van der Waals surface area contributed by atoms with Crippen LogP contribution in [0.3, 0.4) is 0 Å². The Morgan fingerprint density at radius 2 is 2.03 bits per heavy atom. The number of benzene rings is 1. The molecular formula is C24H20ClFN6O2S. The van der Waals surface area contributed by atoms with Gasteiger partial charge in [0.1, 0.15) is 5.82 Å². The normalized spacial score (nSPS) is 14.4. The van der Waals surface area contributed by atoms with Crippen molar-refractivity contribution >= 4 is 50.9 Å². The second kappa shape index (κ2) is 9.55. The highest BCUT2D eigenvalue weighted by Crippen LogP contribution is 2.27. The highest BCUT2D eigenvalue weighted by atomic mass is 35.5. The van der Waals surface area contributed by atoms with Crippen molar-refractivity contribution in [1.29, 1.82) is 0 Å². The van der Waals surface area contributed by atoms with Gasteiger partial charge in [-0.1, -0.05) is 17.7 Å². The molecule has 1 aromatic carbocycles. The highest BCUT2D eigenvalue weighted by molar-refractivity contribution is 7.17. The molecule has 4 aromatic rings. The molecule has 1 unspecified atom stereocenters. The van der Waals surface area contributed by atoms with Crippen LogP contribution in [0, 0.1) is 5.82 Å². The molecule has 11 heteroatoms. The van der Waals surface area contributed by atoms with Gasteiger partial charge >= 0.3 is 0 Å². The number of anilines is 1. The molecule has 0 aliphatic carbocycles. The van der Waals surface area contributed by atoms with Gasteiger partial charge in [0.25, 0.3) is 11.8 Å². The molecule has 0 radical (unpaired) electrons. The SMILES string of the molecule is CC(Nc1nc(C(=O)N2CC(NC(=O)c3cccc(Cl)c3)C2)c2sccc2n1)c1cncc(F)c1. The number of aromatic nitrogens is 3. The molecule has 8 nitrogen and oxygen atoms in total. The van der Waals surface area contributed by atoms with Crippen LogP contribution in [0.5, 0.6) is 0 Å². The van der Waals surface area contributed by atoms with E-state index in [1.807, 2.05) is 18.4 Å². The Hall–Kier alpha value is -3.63. The van der Waals surface area contributed by atoms with Gasteiger partial charge in [-0.25, -0.2) is 14.4 Å². The van der Waals surface area contributed by atoms with E-state index in [1.165, 1.54) is 17.4 Å². The van der Waals surface area contributed by atoms with E-state index in [9.17, 15) is 14.0 Å². The molecule has 0 bridgehead atoms. The number of rotatable bonds is 6. The van der Waals surface area contributed by atoms with E-state index >= 15 is 0 Å². The first-order valence-electron chi connectivity index (χ1n) is 10.9. The van der Waals surface area contributed by atoms with Gasteiger partial charge in [0.15, 0.2) is 5.69 Å². The van der Waals surface area contributed by atoms with E-state index in [1.54, 1.807) is 35.4 Å². The van der Waals surface area contributed by atoms with Crippen LogP contribution in [0.25, 0.3) is 10.2 Å². The summed E-state index contributed by atoms with van der Waals surface area (Å²) in [5.41, 5.74) is 2.04. The molecule has 4 heterocycles.